The molecule has 1 aromatic carbocycles. The van der Waals surface area contributed by atoms with E-state index < -0.39 is 31.1 Å². The number of pyridine rings is 1. The summed E-state index contributed by atoms with van der Waals surface area (Å²) in [6, 6.07) is 0.529. The molecule has 2 unspecified atom stereocenters. The average molecular weight is 588 g/mol. The van der Waals surface area contributed by atoms with E-state index in [-0.39, 0.29) is 56.8 Å². The minimum absolute atomic E-state index is 0.00533. The highest BCUT2D eigenvalue weighted by atomic mass is 31.2. The van der Waals surface area contributed by atoms with Crippen LogP contribution >= 0.6 is 7.60 Å². The summed E-state index contributed by atoms with van der Waals surface area (Å²) < 4.78 is 44.6. The largest absolute Gasteiger partial charge is 0.462 e. The lowest BCUT2D eigenvalue weighted by atomic mass is 9.76. The Hall–Kier alpha value is -2.69. The molecule has 1 saturated heterocycles. The number of esters is 1. The van der Waals surface area contributed by atoms with Crippen molar-refractivity contribution in [1.29, 1.82) is 0 Å². The summed E-state index contributed by atoms with van der Waals surface area (Å²) in [5.41, 5.74) is 2.70. The first-order chi connectivity index (χ1) is 19.6. The Kier molecular flexibility index (Phi) is 7.10. The van der Waals surface area contributed by atoms with Gasteiger partial charge in [0.05, 0.1) is 42.7 Å². The minimum Gasteiger partial charge on any atom is -0.462 e. The number of amides is 1. The number of nitrogens with one attached hydrogen (secondary N) is 1. The first-order valence-corrected chi connectivity index (χ1v) is 16.0. The normalized spacial score (nSPS) is 26.9. The molecular formula is C29H35FN3O7P. The summed E-state index contributed by atoms with van der Waals surface area (Å²) in [7, 11) is -3.40. The quantitative estimate of drug-likeness (QED) is 0.266. The monoisotopic (exact) mass is 587 g/mol. The molecule has 1 aromatic heterocycles. The van der Waals surface area contributed by atoms with Crippen LogP contribution in [0.2, 0.25) is 0 Å². The van der Waals surface area contributed by atoms with Gasteiger partial charge in [-0.15, -0.1) is 0 Å². The van der Waals surface area contributed by atoms with Crippen LogP contribution in [0.4, 0.5) is 4.39 Å². The second-order valence-corrected chi connectivity index (χ2v) is 13.1. The molecule has 41 heavy (non-hydrogen) atoms. The first kappa shape index (κ1) is 28.4. The summed E-state index contributed by atoms with van der Waals surface area (Å²) >= 11 is 0. The van der Waals surface area contributed by atoms with Crippen LogP contribution in [-0.4, -0.2) is 58.6 Å². The van der Waals surface area contributed by atoms with E-state index in [1.165, 1.54) is 6.07 Å². The number of cyclic esters (lactones) is 1. The van der Waals surface area contributed by atoms with Crippen LogP contribution in [0, 0.1) is 18.7 Å². The number of nitrogens with zero attached hydrogens (tertiary/aromatic N) is 2. The van der Waals surface area contributed by atoms with Crippen LogP contribution in [0.15, 0.2) is 17.7 Å². The van der Waals surface area contributed by atoms with Crippen molar-refractivity contribution in [3.05, 3.63) is 51.5 Å². The van der Waals surface area contributed by atoms with Crippen molar-refractivity contribution in [2.45, 2.75) is 71.2 Å². The van der Waals surface area contributed by atoms with Crippen LogP contribution < -0.4 is 5.32 Å². The van der Waals surface area contributed by atoms with Gasteiger partial charge >= 0.3 is 13.6 Å². The number of hydrogen-bond donors (Lipinski definition) is 2. The molecule has 0 saturated carbocycles. The number of aliphatic hydroxyl groups is 1. The van der Waals surface area contributed by atoms with Gasteiger partial charge in [0, 0.05) is 29.6 Å². The highest BCUT2D eigenvalue weighted by molar-refractivity contribution is 7.53. The van der Waals surface area contributed by atoms with Crippen molar-refractivity contribution in [2.75, 3.05) is 26.1 Å². The van der Waals surface area contributed by atoms with Gasteiger partial charge in [0.1, 0.15) is 12.4 Å². The maximum Gasteiger partial charge on any atom is 0.344 e. The molecule has 1 aliphatic carbocycles. The molecule has 3 aliphatic heterocycles. The number of benzene rings is 1. The molecule has 0 bridgehead atoms. The van der Waals surface area contributed by atoms with Crippen molar-refractivity contribution in [3.8, 4) is 0 Å². The van der Waals surface area contributed by atoms with Gasteiger partial charge in [-0.3, -0.25) is 14.7 Å². The molecule has 220 valence electrons. The Morgan fingerprint density at radius 3 is 2.66 bits per heavy atom. The molecular weight excluding hydrogens is 552 g/mol. The summed E-state index contributed by atoms with van der Waals surface area (Å²) in [6.45, 7) is 7.57. The molecule has 1 fully saturated rings. The fraction of sp³-hybridized carbons (Fsp3) is 0.552. The lowest BCUT2D eigenvalue weighted by Gasteiger charge is -2.42. The second kappa shape index (κ2) is 10.2. The molecule has 10 nitrogen and oxygen atoms in total. The molecule has 0 radical (unpaired) electrons. The molecule has 4 aliphatic rings. The van der Waals surface area contributed by atoms with E-state index >= 15 is 4.39 Å². The van der Waals surface area contributed by atoms with Gasteiger partial charge in [-0.2, -0.15) is 0 Å². The Bertz CT molecular complexity index is 1530. The van der Waals surface area contributed by atoms with Crippen LogP contribution in [0.25, 0.3) is 10.9 Å². The van der Waals surface area contributed by atoms with E-state index in [1.54, 1.807) is 38.7 Å². The van der Waals surface area contributed by atoms with Gasteiger partial charge in [0.15, 0.2) is 5.60 Å². The van der Waals surface area contributed by atoms with Gasteiger partial charge in [-0.25, -0.2) is 14.2 Å². The van der Waals surface area contributed by atoms with E-state index in [0.29, 0.717) is 35.2 Å². The first-order valence-electron chi connectivity index (χ1n) is 14.2. The Labute approximate surface area is 237 Å². The maximum atomic E-state index is 15.1. The predicted octanol–water partition coefficient (Wildman–Crippen LogP) is 4.12. The molecule has 4 atom stereocenters. The van der Waals surface area contributed by atoms with Gasteiger partial charge in [-0.05, 0) is 62.3 Å². The van der Waals surface area contributed by atoms with Crippen molar-refractivity contribution in [3.63, 3.8) is 0 Å². The van der Waals surface area contributed by atoms with Crippen LogP contribution in [-0.2, 0) is 40.9 Å². The fourth-order valence-electron chi connectivity index (χ4n) is 6.90. The molecule has 6 rings (SSSR count). The molecule has 1 amide bonds. The average Bonchev–Trinajstić information content (AvgIpc) is 3.32. The minimum atomic E-state index is -3.40. The lowest BCUT2D eigenvalue weighted by molar-refractivity contribution is -0.173. The molecule has 0 spiro atoms. The fourth-order valence-corrected chi connectivity index (χ4v) is 8.39. The van der Waals surface area contributed by atoms with Crippen molar-refractivity contribution >= 4 is 30.4 Å². The highest BCUT2D eigenvalue weighted by Gasteiger charge is 2.55. The highest BCUT2D eigenvalue weighted by Crippen LogP contribution is 2.51. The third kappa shape index (κ3) is 4.28. The van der Waals surface area contributed by atoms with E-state index in [4.69, 9.17) is 18.8 Å². The number of carbonyl (C=O) groups excluding carboxylic acids is 2. The van der Waals surface area contributed by atoms with Crippen molar-refractivity contribution in [2.24, 2.45) is 5.92 Å². The van der Waals surface area contributed by atoms with Gasteiger partial charge < -0.3 is 23.8 Å². The summed E-state index contributed by atoms with van der Waals surface area (Å²) in [4.78, 5) is 33.0. The van der Waals surface area contributed by atoms with Crippen LogP contribution in [0.1, 0.15) is 73.6 Å². The standard InChI is InChI=1S/C29H35FN3O7P/c1-5-29(36)19-10-23-26-17(12-33(23)27(34)18(19)13-38-28(29)35)25-21(31-14-41(37,39-6-2)40-7-3)9-8-16-15(4)20(30)11-22(32-26)24(16)25/h10-11,18,21,23,31,36H,5-9,12-14H2,1-4H3/t18?,21-,23?,29-/m0/s1. The van der Waals surface area contributed by atoms with Gasteiger partial charge in [-0.1, -0.05) is 13.0 Å². The Morgan fingerprint density at radius 2 is 1.98 bits per heavy atom. The number of carbonyl (C=O) groups is 2. The van der Waals surface area contributed by atoms with E-state index in [0.717, 1.165) is 22.1 Å². The topological polar surface area (TPSA) is 127 Å². The maximum absolute atomic E-state index is 15.1. The lowest BCUT2D eigenvalue weighted by Crippen LogP contribution is -2.55. The zero-order chi connectivity index (χ0) is 29.3. The van der Waals surface area contributed by atoms with E-state index in [9.17, 15) is 19.3 Å². The van der Waals surface area contributed by atoms with Crippen molar-refractivity contribution < 1.29 is 37.4 Å². The summed E-state index contributed by atoms with van der Waals surface area (Å²) in [5, 5.41) is 15.5. The SMILES string of the molecule is CCOP(=O)(CN[C@H]1CCc2c(C)c(F)cc3nc4c(c1c23)CN1C(=O)C2COC(=O)[C@](O)(CC)C2=CC41)OCC. The van der Waals surface area contributed by atoms with Crippen LogP contribution in [0.5, 0.6) is 0 Å². The Balaban J connectivity index is 1.50. The molecule has 2 N–H and O–H groups in total. The zero-order valence-corrected chi connectivity index (χ0v) is 24.6. The van der Waals surface area contributed by atoms with Crippen molar-refractivity contribution in [1.82, 2.24) is 15.2 Å². The second-order valence-electron chi connectivity index (χ2n) is 11.0. The van der Waals surface area contributed by atoms with Gasteiger partial charge in [0.25, 0.3) is 0 Å². The number of rotatable bonds is 8. The van der Waals surface area contributed by atoms with E-state index in [1.807, 2.05) is 0 Å². The third-order valence-corrected chi connectivity index (χ3v) is 10.8. The smallest absolute Gasteiger partial charge is 0.344 e. The number of fused-ring (bicyclic) bond motifs is 5. The number of aromatic nitrogens is 1. The zero-order valence-electron chi connectivity index (χ0n) is 23.7. The Morgan fingerprint density at radius 1 is 1.24 bits per heavy atom. The number of ether oxygens (including phenoxy) is 1. The van der Waals surface area contributed by atoms with E-state index in [2.05, 4.69) is 5.32 Å². The molecule has 4 heterocycles. The third-order valence-electron chi connectivity index (χ3n) is 8.94. The van der Waals surface area contributed by atoms with Crippen LogP contribution in [0.3, 0.4) is 0 Å². The number of hydrogen-bond acceptors (Lipinski definition) is 9. The molecule has 12 heteroatoms. The number of halogens is 1. The van der Waals surface area contributed by atoms with Gasteiger partial charge in [0.2, 0.25) is 5.91 Å². The molecule has 2 aromatic rings. The number of aryl methyl sites for hydroxylation is 1. The predicted molar refractivity (Wildman–Crippen MR) is 147 cm³/mol. The summed E-state index contributed by atoms with van der Waals surface area (Å²) in [6.07, 6.45) is 3.04. The summed E-state index contributed by atoms with van der Waals surface area (Å²) in [5.74, 6) is -2.14.